The van der Waals surface area contributed by atoms with Gasteiger partial charge in [0.15, 0.2) is 0 Å². The first kappa shape index (κ1) is 11.0. The molecular weight excluding hydrogens is 203 g/mol. The Balaban J connectivity index is 2.75. The summed E-state index contributed by atoms with van der Waals surface area (Å²) in [5, 5.41) is 8.44. The Morgan fingerprint density at radius 3 is 2.57 bits per heavy atom. The summed E-state index contributed by atoms with van der Waals surface area (Å²) in [4.78, 5) is 0. The summed E-state index contributed by atoms with van der Waals surface area (Å²) in [6, 6.07) is 8.49. The number of hydrogen-bond donors (Lipinski definition) is 1. The van der Waals surface area contributed by atoms with Crippen molar-refractivity contribution in [1.29, 1.82) is 0 Å². The van der Waals surface area contributed by atoms with Gasteiger partial charge in [-0.25, -0.2) is 9.82 Å². The highest BCUT2D eigenvalue weighted by atomic mass is 31.2. The van der Waals surface area contributed by atoms with Crippen molar-refractivity contribution >= 4 is 7.60 Å². The third kappa shape index (κ3) is 3.00. The molecule has 1 atom stereocenters. The van der Waals surface area contributed by atoms with Crippen molar-refractivity contribution in [3.8, 4) is 5.75 Å². The maximum absolute atomic E-state index is 11.6. The molecule has 1 rings (SSSR count). The van der Waals surface area contributed by atoms with E-state index in [-0.39, 0.29) is 6.16 Å². The molecule has 0 aliphatic heterocycles. The Morgan fingerprint density at radius 2 is 2.07 bits per heavy atom. The van der Waals surface area contributed by atoms with Crippen molar-refractivity contribution in [2.45, 2.75) is 0 Å². The summed E-state index contributed by atoms with van der Waals surface area (Å²) in [6.45, 7) is 3.39. The van der Waals surface area contributed by atoms with E-state index in [1.165, 1.54) is 6.08 Å². The number of benzene rings is 1. The zero-order chi connectivity index (χ0) is 10.4. The highest BCUT2D eigenvalue weighted by Crippen LogP contribution is 2.47. The second-order valence-corrected chi connectivity index (χ2v) is 4.50. The highest BCUT2D eigenvalue weighted by molar-refractivity contribution is 7.54. The van der Waals surface area contributed by atoms with Gasteiger partial charge in [-0.3, -0.25) is 0 Å². The summed E-state index contributed by atoms with van der Waals surface area (Å²) in [5.74, 6) is 0.381. The van der Waals surface area contributed by atoms with E-state index in [1.54, 1.807) is 30.3 Å². The van der Waals surface area contributed by atoms with E-state index < -0.39 is 7.60 Å². The molecule has 0 saturated carbocycles. The van der Waals surface area contributed by atoms with Gasteiger partial charge >= 0.3 is 7.60 Å². The lowest BCUT2D eigenvalue weighted by atomic mass is 10.3. The van der Waals surface area contributed by atoms with Gasteiger partial charge in [-0.1, -0.05) is 24.3 Å². The molecule has 14 heavy (non-hydrogen) atoms. The molecule has 0 fully saturated rings. The molecule has 0 amide bonds. The van der Waals surface area contributed by atoms with E-state index in [9.17, 15) is 4.57 Å². The third-order valence-electron chi connectivity index (χ3n) is 1.46. The number of rotatable bonds is 5. The molecule has 0 heterocycles. The van der Waals surface area contributed by atoms with Crippen LogP contribution in [0, 0.1) is 0 Å². The van der Waals surface area contributed by atoms with Crippen LogP contribution in [0.1, 0.15) is 0 Å². The van der Waals surface area contributed by atoms with E-state index in [4.69, 9.17) is 9.78 Å². The van der Waals surface area contributed by atoms with Gasteiger partial charge in [0, 0.05) is 0 Å². The first-order valence-electron chi connectivity index (χ1n) is 3.98. The zero-order valence-corrected chi connectivity index (χ0v) is 8.39. The second-order valence-electron chi connectivity index (χ2n) is 2.57. The summed E-state index contributed by atoms with van der Waals surface area (Å²) >= 11 is 0. The summed E-state index contributed by atoms with van der Waals surface area (Å²) in [5.41, 5.74) is 0. The second kappa shape index (κ2) is 4.96. The molecule has 1 aromatic rings. The van der Waals surface area contributed by atoms with Crippen molar-refractivity contribution in [3.63, 3.8) is 0 Å². The molecule has 4 nitrogen and oxygen atoms in total. The van der Waals surface area contributed by atoms with Crippen LogP contribution in [0.5, 0.6) is 5.75 Å². The fourth-order valence-corrected chi connectivity index (χ4v) is 1.82. The molecule has 0 aliphatic rings. The Hall–Kier alpha value is -1.09. The standard InChI is InChI=1S/C9H11O4P/c1-2-8-14(11,13-10)12-9-6-4-3-5-7-9/h2-7,10H,1,8H2. The largest absolute Gasteiger partial charge is 0.423 e. The quantitative estimate of drug-likeness (QED) is 0.354. The van der Waals surface area contributed by atoms with Crippen molar-refractivity contribution < 1.29 is 19.0 Å². The normalized spacial score (nSPS) is 14.4. The Kier molecular flexibility index (Phi) is 3.89. The van der Waals surface area contributed by atoms with Crippen LogP contribution in [-0.2, 0) is 9.24 Å². The monoisotopic (exact) mass is 214 g/mol. The zero-order valence-electron chi connectivity index (χ0n) is 7.50. The molecule has 0 bridgehead atoms. The topological polar surface area (TPSA) is 55.8 Å². The predicted octanol–water partition coefficient (Wildman–Crippen LogP) is 2.93. The number of allylic oxidation sites excluding steroid dienone is 1. The van der Waals surface area contributed by atoms with Crippen molar-refractivity contribution in [2.24, 2.45) is 0 Å². The molecule has 1 N–H and O–H groups in total. The van der Waals surface area contributed by atoms with Crippen molar-refractivity contribution in [1.82, 2.24) is 0 Å². The third-order valence-corrected chi connectivity index (χ3v) is 2.91. The van der Waals surface area contributed by atoms with Gasteiger partial charge in [0.25, 0.3) is 0 Å². The van der Waals surface area contributed by atoms with Gasteiger partial charge in [-0.05, 0) is 12.1 Å². The Labute approximate surface area is 82.3 Å². The summed E-state index contributed by atoms with van der Waals surface area (Å²) < 4.78 is 20.4. The molecule has 0 radical (unpaired) electrons. The summed E-state index contributed by atoms with van der Waals surface area (Å²) in [6.07, 6.45) is 1.32. The molecule has 0 aromatic heterocycles. The average molecular weight is 214 g/mol. The molecule has 0 spiro atoms. The minimum absolute atomic E-state index is 0.0433. The number of para-hydroxylation sites is 1. The molecular formula is C9H11O4P. The Morgan fingerprint density at radius 1 is 1.43 bits per heavy atom. The van der Waals surface area contributed by atoms with Gasteiger partial charge in [0.05, 0.1) is 6.16 Å². The van der Waals surface area contributed by atoms with E-state index in [0.29, 0.717) is 5.75 Å². The molecule has 1 unspecified atom stereocenters. The van der Waals surface area contributed by atoms with E-state index >= 15 is 0 Å². The SMILES string of the molecule is C=CCP(=O)(OO)Oc1ccccc1. The molecule has 0 aliphatic carbocycles. The number of hydrogen-bond acceptors (Lipinski definition) is 4. The fraction of sp³-hybridized carbons (Fsp3) is 0.111. The molecule has 76 valence electrons. The van der Waals surface area contributed by atoms with Gasteiger partial charge in [0.2, 0.25) is 0 Å². The molecule has 0 saturated heterocycles. The summed E-state index contributed by atoms with van der Waals surface area (Å²) in [7, 11) is -3.48. The van der Waals surface area contributed by atoms with Gasteiger partial charge in [-0.15, -0.1) is 11.3 Å². The van der Waals surface area contributed by atoms with E-state index in [1.807, 2.05) is 0 Å². The van der Waals surface area contributed by atoms with E-state index in [0.717, 1.165) is 0 Å². The van der Waals surface area contributed by atoms with Crippen LogP contribution in [-0.4, -0.2) is 11.4 Å². The maximum atomic E-state index is 11.6. The predicted molar refractivity (Wildman–Crippen MR) is 53.5 cm³/mol. The lowest BCUT2D eigenvalue weighted by Gasteiger charge is -2.13. The fourth-order valence-electron chi connectivity index (χ4n) is 0.887. The minimum atomic E-state index is -3.48. The van der Waals surface area contributed by atoms with Crippen LogP contribution in [0.4, 0.5) is 0 Å². The van der Waals surface area contributed by atoms with Crippen LogP contribution < -0.4 is 4.52 Å². The van der Waals surface area contributed by atoms with Gasteiger partial charge in [0.1, 0.15) is 5.75 Å². The van der Waals surface area contributed by atoms with Crippen molar-refractivity contribution in [3.05, 3.63) is 43.0 Å². The van der Waals surface area contributed by atoms with Crippen LogP contribution >= 0.6 is 7.60 Å². The molecule has 5 heteroatoms. The smallest absolute Gasteiger partial charge is 0.409 e. The van der Waals surface area contributed by atoms with Crippen LogP contribution in [0.25, 0.3) is 0 Å². The van der Waals surface area contributed by atoms with E-state index in [2.05, 4.69) is 11.3 Å². The van der Waals surface area contributed by atoms with Crippen LogP contribution in [0.2, 0.25) is 0 Å². The van der Waals surface area contributed by atoms with Gasteiger partial charge in [-0.2, -0.15) is 0 Å². The van der Waals surface area contributed by atoms with Gasteiger partial charge < -0.3 is 4.52 Å². The highest BCUT2D eigenvalue weighted by Gasteiger charge is 2.24. The molecule has 1 aromatic carbocycles. The lowest BCUT2D eigenvalue weighted by molar-refractivity contribution is -0.144. The lowest BCUT2D eigenvalue weighted by Crippen LogP contribution is -1.98. The van der Waals surface area contributed by atoms with Crippen molar-refractivity contribution in [2.75, 3.05) is 6.16 Å². The van der Waals surface area contributed by atoms with Crippen LogP contribution in [0.3, 0.4) is 0 Å². The first-order chi connectivity index (χ1) is 6.70. The first-order valence-corrected chi connectivity index (χ1v) is 5.71. The van der Waals surface area contributed by atoms with Crippen LogP contribution in [0.15, 0.2) is 43.0 Å². The maximum Gasteiger partial charge on any atom is 0.409 e. The average Bonchev–Trinajstić information content (AvgIpc) is 2.20. The minimum Gasteiger partial charge on any atom is -0.423 e. The Bertz CT molecular complexity index is 336.